The van der Waals surface area contributed by atoms with Crippen LogP contribution in [-0.4, -0.2) is 11.7 Å². The molecular weight excluding hydrogens is 250 g/mol. The van der Waals surface area contributed by atoms with E-state index in [1.807, 2.05) is 65.8 Å². The number of anilines is 1. The number of hydrogen-bond donors (Lipinski definition) is 1. The molecule has 110 valence electrons. The van der Waals surface area contributed by atoms with Gasteiger partial charge in [-0.25, -0.2) is 0 Å². The van der Waals surface area contributed by atoms with Crippen molar-refractivity contribution in [1.82, 2.24) is 0 Å². The molecule has 0 atom stereocenters. The molecule has 3 heteroatoms. The molecule has 0 bridgehead atoms. The van der Waals surface area contributed by atoms with E-state index in [1.165, 1.54) is 0 Å². The molecule has 1 N–H and O–H groups in total. The molecule has 1 aromatic rings. The molecular formula is C17H25NO2. The molecule has 0 heterocycles. The van der Waals surface area contributed by atoms with Crippen LogP contribution >= 0.6 is 0 Å². The zero-order chi connectivity index (χ0) is 15.6. The Hall–Kier alpha value is -1.64. The number of carbonyl (C=O) groups excluding carboxylic acids is 2. The fourth-order valence-corrected chi connectivity index (χ4v) is 1.48. The fourth-order valence-electron chi connectivity index (χ4n) is 1.48. The van der Waals surface area contributed by atoms with Gasteiger partial charge in [-0.1, -0.05) is 53.7 Å². The second kappa shape index (κ2) is 5.78. The van der Waals surface area contributed by atoms with E-state index in [0.717, 1.165) is 11.3 Å². The van der Waals surface area contributed by atoms with E-state index >= 15 is 0 Å². The van der Waals surface area contributed by atoms with Crippen LogP contribution in [0, 0.1) is 10.8 Å². The van der Waals surface area contributed by atoms with Crippen molar-refractivity contribution in [2.75, 3.05) is 5.32 Å². The maximum atomic E-state index is 12.0. The van der Waals surface area contributed by atoms with Gasteiger partial charge < -0.3 is 5.32 Å². The van der Waals surface area contributed by atoms with E-state index in [4.69, 9.17) is 0 Å². The van der Waals surface area contributed by atoms with Crippen LogP contribution in [0.25, 0.3) is 0 Å². The van der Waals surface area contributed by atoms with Crippen molar-refractivity contribution in [1.29, 1.82) is 0 Å². The number of Topliss-reactive ketones (excluding diaryl/α,β-unsaturated/α-hetero) is 1. The molecule has 0 radical (unpaired) electrons. The van der Waals surface area contributed by atoms with Gasteiger partial charge in [0.2, 0.25) is 5.91 Å². The molecule has 1 aromatic carbocycles. The van der Waals surface area contributed by atoms with Crippen LogP contribution in [0.3, 0.4) is 0 Å². The Bertz CT molecular complexity index is 440. The Labute approximate surface area is 121 Å². The lowest BCUT2D eigenvalue weighted by Crippen LogP contribution is -2.27. The second-order valence-electron chi connectivity index (χ2n) is 7.25. The molecule has 0 aromatic heterocycles. The van der Waals surface area contributed by atoms with Crippen LogP contribution in [0.4, 0.5) is 5.69 Å². The van der Waals surface area contributed by atoms with Gasteiger partial charge in [0.05, 0.1) is 0 Å². The highest BCUT2D eigenvalue weighted by Gasteiger charge is 2.22. The van der Waals surface area contributed by atoms with Crippen molar-refractivity contribution < 1.29 is 9.59 Å². The minimum absolute atomic E-state index is 0.0176. The van der Waals surface area contributed by atoms with E-state index in [2.05, 4.69) is 5.32 Å². The summed E-state index contributed by atoms with van der Waals surface area (Å²) in [5, 5.41) is 2.87. The summed E-state index contributed by atoms with van der Waals surface area (Å²) in [4.78, 5) is 23.8. The third kappa shape index (κ3) is 4.80. The zero-order valence-corrected chi connectivity index (χ0v) is 13.3. The first-order chi connectivity index (χ1) is 9.00. The summed E-state index contributed by atoms with van der Waals surface area (Å²) in [5.74, 6) is 0.194. The third-order valence-electron chi connectivity index (χ3n) is 3.09. The summed E-state index contributed by atoms with van der Waals surface area (Å²) in [7, 11) is 0. The number of ketones is 1. The molecule has 0 aliphatic heterocycles. The molecule has 0 aliphatic rings. The summed E-state index contributed by atoms with van der Waals surface area (Å²) in [5.41, 5.74) is 0.996. The number of hydrogen-bond acceptors (Lipinski definition) is 2. The van der Waals surface area contributed by atoms with Crippen molar-refractivity contribution in [3.8, 4) is 0 Å². The van der Waals surface area contributed by atoms with Gasteiger partial charge >= 0.3 is 0 Å². The molecule has 1 amide bonds. The van der Waals surface area contributed by atoms with Gasteiger partial charge in [0.25, 0.3) is 0 Å². The van der Waals surface area contributed by atoms with Crippen molar-refractivity contribution in [2.24, 2.45) is 10.8 Å². The topological polar surface area (TPSA) is 46.2 Å². The van der Waals surface area contributed by atoms with Gasteiger partial charge in [0.1, 0.15) is 5.78 Å². The molecule has 0 unspecified atom stereocenters. The lowest BCUT2D eigenvalue weighted by atomic mass is 9.87. The lowest BCUT2D eigenvalue weighted by molar-refractivity contribution is -0.125. The highest BCUT2D eigenvalue weighted by Crippen LogP contribution is 2.20. The predicted molar refractivity (Wildman–Crippen MR) is 82.7 cm³/mol. The lowest BCUT2D eigenvalue weighted by Gasteiger charge is -2.18. The van der Waals surface area contributed by atoms with Crippen LogP contribution in [0.2, 0.25) is 0 Å². The maximum absolute atomic E-state index is 12.0. The molecule has 20 heavy (non-hydrogen) atoms. The van der Waals surface area contributed by atoms with Crippen LogP contribution in [0.5, 0.6) is 0 Å². The van der Waals surface area contributed by atoms with Crippen molar-refractivity contribution in [3.63, 3.8) is 0 Å². The normalized spacial score (nSPS) is 12.1. The molecule has 0 aliphatic carbocycles. The number of nitrogens with one attached hydrogen (secondary N) is 1. The van der Waals surface area contributed by atoms with Crippen LogP contribution in [-0.2, 0) is 16.0 Å². The molecule has 1 rings (SSSR count). The van der Waals surface area contributed by atoms with E-state index in [9.17, 15) is 9.59 Å². The summed E-state index contributed by atoms with van der Waals surface area (Å²) in [6.45, 7) is 11.4. The summed E-state index contributed by atoms with van der Waals surface area (Å²) >= 11 is 0. The zero-order valence-electron chi connectivity index (χ0n) is 13.3. The largest absolute Gasteiger partial charge is 0.326 e. The summed E-state index contributed by atoms with van der Waals surface area (Å²) in [6.07, 6.45) is 0.428. The highest BCUT2D eigenvalue weighted by molar-refractivity contribution is 5.94. The van der Waals surface area contributed by atoms with E-state index in [-0.39, 0.29) is 17.1 Å². The highest BCUT2D eigenvalue weighted by atomic mass is 16.2. The molecule has 0 spiro atoms. The number of benzene rings is 1. The van der Waals surface area contributed by atoms with Gasteiger partial charge in [-0.3, -0.25) is 9.59 Å². The van der Waals surface area contributed by atoms with Gasteiger partial charge in [0.15, 0.2) is 0 Å². The van der Waals surface area contributed by atoms with Crippen molar-refractivity contribution in [3.05, 3.63) is 29.8 Å². The third-order valence-corrected chi connectivity index (χ3v) is 3.09. The Morgan fingerprint density at radius 1 is 0.900 bits per heavy atom. The van der Waals surface area contributed by atoms with Crippen LogP contribution < -0.4 is 5.32 Å². The first-order valence-corrected chi connectivity index (χ1v) is 6.94. The van der Waals surface area contributed by atoms with Crippen molar-refractivity contribution in [2.45, 2.75) is 48.0 Å². The monoisotopic (exact) mass is 275 g/mol. The Morgan fingerprint density at radius 3 is 1.80 bits per heavy atom. The minimum Gasteiger partial charge on any atom is -0.326 e. The average molecular weight is 275 g/mol. The van der Waals surface area contributed by atoms with Gasteiger partial charge in [-0.2, -0.15) is 0 Å². The standard InChI is InChI=1S/C17H25NO2/c1-16(2,3)14(19)11-12-7-9-13(10-8-12)18-15(20)17(4,5)6/h7-10H,11H2,1-6H3,(H,18,20). The smallest absolute Gasteiger partial charge is 0.229 e. The Morgan fingerprint density at radius 2 is 1.40 bits per heavy atom. The summed E-state index contributed by atoms with van der Waals surface area (Å²) in [6, 6.07) is 7.47. The number of carbonyl (C=O) groups is 2. The fraction of sp³-hybridized carbons (Fsp3) is 0.529. The SMILES string of the molecule is CC(C)(C)C(=O)Cc1ccc(NC(=O)C(C)(C)C)cc1. The Balaban J connectivity index is 2.71. The van der Waals surface area contributed by atoms with Crippen molar-refractivity contribution >= 4 is 17.4 Å². The molecule has 0 saturated heterocycles. The van der Waals surface area contributed by atoms with Gasteiger partial charge in [-0.05, 0) is 17.7 Å². The number of rotatable bonds is 3. The predicted octanol–water partition coefficient (Wildman–Crippen LogP) is 3.83. The van der Waals surface area contributed by atoms with E-state index < -0.39 is 5.41 Å². The van der Waals surface area contributed by atoms with E-state index in [1.54, 1.807) is 0 Å². The number of amides is 1. The molecule has 0 fully saturated rings. The maximum Gasteiger partial charge on any atom is 0.229 e. The first-order valence-electron chi connectivity index (χ1n) is 6.94. The van der Waals surface area contributed by atoms with Crippen LogP contribution in [0.1, 0.15) is 47.1 Å². The quantitative estimate of drug-likeness (QED) is 0.911. The molecule has 3 nitrogen and oxygen atoms in total. The summed E-state index contributed by atoms with van der Waals surface area (Å²) < 4.78 is 0. The Kier molecular flexibility index (Phi) is 4.74. The first kappa shape index (κ1) is 16.4. The van der Waals surface area contributed by atoms with Gasteiger partial charge in [-0.15, -0.1) is 0 Å². The average Bonchev–Trinajstić information content (AvgIpc) is 2.29. The minimum atomic E-state index is -0.416. The van der Waals surface area contributed by atoms with Gasteiger partial charge in [0, 0.05) is 22.9 Å². The van der Waals surface area contributed by atoms with E-state index in [0.29, 0.717) is 6.42 Å². The molecule has 0 saturated carbocycles. The van der Waals surface area contributed by atoms with Crippen LogP contribution in [0.15, 0.2) is 24.3 Å². The second-order valence-corrected chi connectivity index (χ2v) is 7.25.